The number of nitrogens with two attached hydrogens (primary N) is 1. The molecule has 0 heterocycles. The van der Waals surface area contributed by atoms with Crippen LogP contribution in [0.3, 0.4) is 0 Å². The highest BCUT2D eigenvalue weighted by Gasteiger charge is 1.98. The summed E-state index contributed by atoms with van der Waals surface area (Å²) in [4.78, 5) is 10.4. The van der Waals surface area contributed by atoms with Gasteiger partial charge in [-0.2, -0.15) is 5.10 Å². The molecule has 0 saturated carbocycles. The van der Waals surface area contributed by atoms with Crippen molar-refractivity contribution in [2.24, 2.45) is 10.8 Å². The van der Waals surface area contributed by atoms with E-state index in [4.69, 9.17) is 10.5 Å². The number of carbonyl (C=O) groups is 1. The molecule has 0 aromatic heterocycles. The first-order chi connectivity index (χ1) is 9.63. The lowest BCUT2D eigenvalue weighted by molar-refractivity contribution is 0.249. The van der Waals surface area contributed by atoms with Crippen LogP contribution in [0.1, 0.15) is 5.56 Å². The van der Waals surface area contributed by atoms with E-state index in [9.17, 15) is 9.18 Å². The van der Waals surface area contributed by atoms with Crippen LogP contribution in [0.4, 0.5) is 9.18 Å². The second-order valence-corrected chi connectivity index (χ2v) is 3.86. The quantitative estimate of drug-likeness (QED) is 0.663. The standard InChI is InChI=1S/C14H12FN3O2/c15-11-3-7-13(8-4-11)20-12-5-1-10(2-6-12)9-17-18-14(16)19/h1-9H,(H3,16,18,19)/b17-9+. The molecular formula is C14H12FN3O2. The SMILES string of the molecule is NC(=O)N/N=C/c1ccc(Oc2ccc(F)cc2)cc1. The van der Waals surface area contributed by atoms with E-state index in [2.05, 4.69) is 10.5 Å². The van der Waals surface area contributed by atoms with E-state index in [1.165, 1.54) is 18.3 Å². The summed E-state index contributed by atoms with van der Waals surface area (Å²) in [5.41, 5.74) is 7.73. The Balaban J connectivity index is 1.99. The van der Waals surface area contributed by atoms with Gasteiger partial charge in [-0.1, -0.05) is 0 Å². The molecule has 2 aromatic rings. The van der Waals surface area contributed by atoms with Gasteiger partial charge in [0.2, 0.25) is 0 Å². The van der Waals surface area contributed by atoms with Crippen LogP contribution < -0.4 is 15.9 Å². The number of hydrazone groups is 1. The molecule has 0 aliphatic heterocycles. The molecule has 20 heavy (non-hydrogen) atoms. The zero-order chi connectivity index (χ0) is 14.4. The molecule has 0 saturated heterocycles. The second-order valence-electron chi connectivity index (χ2n) is 3.86. The van der Waals surface area contributed by atoms with E-state index in [1.54, 1.807) is 36.4 Å². The third-order valence-corrected chi connectivity index (χ3v) is 2.32. The first-order valence-corrected chi connectivity index (χ1v) is 5.75. The first-order valence-electron chi connectivity index (χ1n) is 5.75. The number of carbonyl (C=O) groups excluding carboxylic acids is 1. The molecule has 0 unspecified atom stereocenters. The van der Waals surface area contributed by atoms with Crippen LogP contribution in [-0.2, 0) is 0 Å². The fourth-order valence-electron chi connectivity index (χ4n) is 1.43. The predicted octanol–water partition coefficient (Wildman–Crippen LogP) is 2.62. The minimum atomic E-state index is -0.725. The van der Waals surface area contributed by atoms with Crippen molar-refractivity contribution in [3.05, 3.63) is 59.9 Å². The Bertz CT molecular complexity index is 609. The summed E-state index contributed by atoms with van der Waals surface area (Å²) < 4.78 is 18.3. The maximum Gasteiger partial charge on any atom is 0.332 e. The van der Waals surface area contributed by atoms with Gasteiger partial charge in [-0.15, -0.1) is 0 Å². The molecule has 2 amide bonds. The highest BCUT2D eigenvalue weighted by molar-refractivity contribution is 5.81. The zero-order valence-electron chi connectivity index (χ0n) is 10.4. The fourth-order valence-corrected chi connectivity index (χ4v) is 1.43. The third-order valence-electron chi connectivity index (χ3n) is 2.32. The number of rotatable bonds is 4. The number of benzene rings is 2. The summed E-state index contributed by atoms with van der Waals surface area (Å²) in [6, 6.07) is 12.0. The highest BCUT2D eigenvalue weighted by atomic mass is 19.1. The van der Waals surface area contributed by atoms with Crippen molar-refractivity contribution in [1.29, 1.82) is 0 Å². The Morgan fingerprint density at radius 3 is 2.20 bits per heavy atom. The van der Waals surface area contributed by atoms with Crippen LogP contribution >= 0.6 is 0 Å². The summed E-state index contributed by atoms with van der Waals surface area (Å²) in [5, 5.41) is 3.63. The monoisotopic (exact) mass is 273 g/mol. The van der Waals surface area contributed by atoms with Crippen molar-refractivity contribution in [3.8, 4) is 11.5 Å². The van der Waals surface area contributed by atoms with Crippen molar-refractivity contribution < 1.29 is 13.9 Å². The van der Waals surface area contributed by atoms with Crippen molar-refractivity contribution >= 4 is 12.2 Å². The summed E-state index contributed by atoms with van der Waals surface area (Å²) in [6.07, 6.45) is 1.45. The van der Waals surface area contributed by atoms with Gasteiger partial charge in [0, 0.05) is 0 Å². The van der Waals surface area contributed by atoms with Crippen molar-refractivity contribution in [2.75, 3.05) is 0 Å². The molecular weight excluding hydrogens is 261 g/mol. The average molecular weight is 273 g/mol. The number of nitrogens with zero attached hydrogens (tertiary/aromatic N) is 1. The van der Waals surface area contributed by atoms with E-state index in [-0.39, 0.29) is 5.82 Å². The van der Waals surface area contributed by atoms with Gasteiger partial charge in [-0.3, -0.25) is 0 Å². The fraction of sp³-hybridized carbons (Fsp3) is 0. The first kappa shape index (κ1) is 13.5. The lowest BCUT2D eigenvalue weighted by atomic mass is 10.2. The molecule has 0 aliphatic rings. The molecule has 0 atom stereocenters. The maximum absolute atomic E-state index is 12.7. The molecule has 0 fully saturated rings. The number of nitrogens with one attached hydrogen (secondary N) is 1. The number of urea groups is 1. The van der Waals surface area contributed by atoms with Crippen molar-refractivity contribution in [3.63, 3.8) is 0 Å². The zero-order valence-corrected chi connectivity index (χ0v) is 10.4. The van der Waals surface area contributed by atoms with Crippen LogP contribution in [-0.4, -0.2) is 12.2 Å². The predicted molar refractivity (Wildman–Crippen MR) is 73.2 cm³/mol. The number of amides is 2. The number of primary amides is 1. The molecule has 2 rings (SSSR count). The number of hydrogen-bond acceptors (Lipinski definition) is 3. The highest BCUT2D eigenvalue weighted by Crippen LogP contribution is 2.21. The minimum Gasteiger partial charge on any atom is -0.457 e. The van der Waals surface area contributed by atoms with E-state index in [1.807, 2.05) is 0 Å². The maximum atomic E-state index is 12.7. The number of halogens is 1. The molecule has 0 radical (unpaired) electrons. The normalized spacial score (nSPS) is 10.4. The van der Waals surface area contributed by atoms with E-state index >= 15 is 0 Å². The molecule has 0 spiro atoms. The number of hydrogen-bond donors (Lipinski definition) is 2. The lowest BCUT2D eigenvalue weighted by Gasteiger charge is -2.05. The Hall–Kier alpha value is -2.89. The minimum absolute atomic E-state index is 0.314. The van der Waals surface area contributed by atoms with Crippen molar-refractivity contribution in [2.45, 2.75) is 0 Å². The van der Waals surface area contributed by atoms with Gasteiger partial charge < -0.3 is 10.5 Å². The van der Waals surface area contributed by atoms with E-state index in [0.29, 0.717) is 11.5 Å². The Morgan fingerprint density at radius 1 is 1.10 bits per heavy atom. The topological polar surface area (TPSA) is 76.7 Å². The Kier molecular flexibility index (Phi) is 4.28. The van der Waals surface area contributed by atoms with Crippen LogP contribution in [0.15, 0.2) is 53.6 Å². The van der Waals surface area contributed by atoms with Crippen LogP contribution in [0.2, 0.25) is 0 Å². The largest absolute Gasteiger partial charge is 0.457 e. The van der Waals surface area contributed by atoms with E-state index < -0.39 is 6.03 Å². The molecule has 6 heteroatoms. The van der Waals surface area contributed by atoms with Gasteiger partial charge in [0.1, 0.15) is 17.3 Å². The Labute approximate surface area is 114 Å². The smallest absolute Gasteiger partial charge is 0.332 e. The average Bonchev–Trinajstić information content (AvgIpc) is 2.43. The summed E-state index contributed by atoms with van der Waals surface area (Å²) in [5.74, 6) is 0.839. The molecule has 0 bridgehead atoms. The van der Waals surface area contributed by atoms with Gasteiger partial charge in [-0.25, -0.2) is 14.6 Å². The molecule has 0 aliphatic carbocycles. The second kappa shape index (κ2) is 6.33. The van der Waals surface area contributed by atoms with Gasteiger partial charge in [0.15, 0.2) is 0 Å². The molecule has 5 nitrogen and oxygen atoms in total. The molecule has 2 aromatic carbocycles. The molecule has 3 N–H and O–H groups in total. The van der Waals surface area contributed by atoms with Crippen LogP contribution in [0.5, 0.6) is 11.5 Å². The van der Waals surface area contributed by atoms with Crippen LogP contribution in [0, 0.1) is 5.82 Å². The Morgan fingerprint density at radius 2 is 1.65 bits per heavy atom. The van der Waals surface area contributed by atoms with E-state index in [0.717, 1.165) is 5.56 Å². The van der Waals surface area contributed by atoms with Gasteiger partial charge in [-0.05, 0) is 54.1 Å². The molecule has 102 valence electrons. The summed E-state index contributed by atoms with van der Waals surface area (Å²) >= 11 is 0. The summed E-state index contributed by atoms with van der Waals surface area (Å²) in [7, 11) is 0. The van der Waals surface area contributed by atoms with Gasteiger partial charge in [0.25, 0.3) is 0 Å². The van der Waals surface area contributed by atoms with Crippen molar-refractivity contribution in [1.82, 2.24) is 5.43 Å². The third kappa shape index (κ3) is 4.09. The lowest BCUT2D eigenvalue weighted by Crippen LogP contribution is -2.24. The van der Waals surface area contributed by atoms with Gasteiger partial charge in [0.05, 0.1) is 6.21 Å². The van der Waals surface area contributed by atoms with Gasteiger partial charge >= 0.3 is 6.03 Å². The summed E-state index contributed by atoms with van der Waals surface area (Å²) in [6.45, 7) is 0. The van der Waals surface area contributed by atoms with Crippen LogP contribution in [0.25, 0.3) is 0 Å². The number of ether oxygens (including phenoxy) is 1.